The number of likely N-dealkylation sites (N-methyl/N-ethyl adjacent to an activating group) is 1. The van der Waals surface area contributed by atoms with Gasteiger partial charge in [0, 0.05) is 41.5 Å². The van der Waals surface area contributed by atoms with Crippen molar-refractivity contribution in [3.8, 4) is 22.3 Å². The molecule has 0 aromatic heterocycles. The molecule has 2 nitrogen and oxygen atoms in total. The zero-order valence-corrected chi connectivity index (χ0v) is 31.9. The Balaban J connectivity index is 0.963. The predicted octanol–water partition coefficient (Wildman–Crippen LogP) is 13.6. The molecule has 4 aliphatic rings. The van der Waals surface area contributed by atoms with E-state index in [-0.39, 0.29) is 6.04 Å². The van der Waals surface area contributed by atoms with Crippen molar-refractivity contribution in [1.82, 2.24) is 4.90 Å². The molecule has 6 aromatic rings. The molecular formula is C54H46N2. The van der Waals surface area contributed by atoms with Gasteiger partial charge in [0.15, 0.2) is 0 Å². The van der Waals surface area contributed by atoms with Crippen LogP contribution in [-0.2, 0) is 12.8 Å². The van der Waals surface area contributed by atoms with Crippen molar-refractivity contribution in [3.05, 3.63) is 222 Å². The molecule has 0 radical (unpaired) electrons. The summed E-state index contributed by atoms with van der Waals surface area (Å²) in [5.74, 6) is 0.809. The van der Waals surface area contributed by atoms with E-state index in [2.05, 4.69) is 205 Å². The maximum atomic E-state index is 3.85. The minimum Gasteiger partial charge on any atom is -0.367 e. The summed E-state index contributed by atoms with van der Waals surface area (Å²) in [4.78, 5) is 2.49. The van der Waals surface area contributed by atoms with Crippen LogP contribution in [0.2, 0.25) is 0 Å². The first-order chi connectivity index (χ1) is 27.7. The third kappa shape index (κ3) is 6.35. The molecule has 3 aliphatic carbocycles. The molecule has 3 atom stereocenters. The lowest BCUT2D eigenvalue weighted by Crippen LogP contribution is -2.29. The second kappa shape index (κ2) is 14.7. The summed E-state index contributed by atoms with van der Waals surface area (Å²) < 4.78 is 0. The fraction of sp³-hybridized carbons (Fsp3) is 0.148. The Morgan fingerprint density at radius 3 is 2.27 bits per heavy atom. The number of fused-ring (bicyclic) bond motifs is 5. The summed E-state index contributed by atoms with van der Waals surface area (Å²) >= 11 is 0. The van der Waals surface area contributed by atoms with Gasteiger partial charge in [-0.05, 0) is 123 Å². The number of rotatable bonds is 7. The Kier molecular flexibility index (Phi) is 8.96. The zero-order chi connectivity index (χ0) is 37.4. The molecule has 3 unspecified atom stereocenters. The highest BCUT2D eigenvalue weighted by Crippen LogP contribution is 2.47. The molecule has 272 valence electrons. The van der Waals surface area contributed by atoms with E-state index in [1.807, 2.05) is 0 Å². The summed E-state index contributed by atoms with van der Waals surface area (Å²) in [5.41, 5.74) is 17.0. The smallest absolute Gasteiger partial charge is 0.0729 e. The molecule has 2 heteroatoms. The molecule has 0 spiro atoms. The van der Waals surface area contributed by atoms with Crippen LogP contribution in [0.3, 0.4) is 0 Å². The van der Waals surface area contributed by atoms with Gasteiger partial charge < -0.3 is 10.2 Å². The van der Waals surface area contributed by atoms with Gasteiger partial charge in [-0.25, -0.2) is 0 Å². The van der Waals surface area contributed by atoms with Gasteiger partial charge in [0.1, 0.15) is 0 Å². The number of hydrogen-bond donors (Lipinski definition) is 1. The minimum atomic E-state index is 0.112. The first-order valence-electron chi connectivity index (χ1n) is 20.2. The number of hydrogen-bond acceptors (Lipinski definition) is 2. The summed E-state index contributed by atoms with van der Waals surface area (Å²) in [5, 5.41) is 6.52. The Bertz CT molecular complexity index is 2630. The van der Waals surface area contributed by atoms with Crippen molar-refractivity contribution in [2.75, 3.05) is 12.4 Å². The first-order valence-corrected chi connectivity index (χ1v) is 20.2. The monoisotopic (exact) mass is 722 g/mol. The fourth-order valence-electron chi connectivity index (χ4n) is 9.40. The van der Waals surface area contributed by atoms with E-state index in [0.29, 0.717) is 11.8 Å². The molecule has 1 N–H and O–H groups in total. The molecule has 1 aliphatic heterocycles. The summed E-state index contributed by atoms with van der Waals surface area (Å²) in [7, 11) is 2.27. The predicted molar refractivity (Wildman–Crippen MR) is 237 cm³/mol. The van der Waals surface area contributed by atoms with Crippen LogP contribution in [0.4, 0.5) is 11.4 Å². The van der Waals surface area contributed by atoms with Gasteiger partial charge in [-0.1, -0.05) is 152 Å². The van der Waals surface area contributed by atoms with Crippen LogP contribution in [0, 0.1) is 11.8 Å². The quantitative estimate of drug-likeness (QED) is 0.176. The molecule has 0 amide bonds. The van der Waals surface area contributed by atoms with Gasteiger partial charge >= 0.3 is 0 Å². The van der Waals surface area contributed by atoms with Gasteiger partial charge in [0.2, 0.25) is 0 Å². The average molecular weight is 723 g/mol. The number of anilines is 2. The Labute approximate surface area is 331 Å². The third-order valence-corrected chi connectivity index (χ3v) is 12.3. The molecule has 1 heterocycles. The van der Waals surface area contributed by atoms with Crippen molar-refractivity contribution in [3.63, 3.8) is 0 Å². The largest absolute Gasteiger partial charge is 0.367 e. The maximum Gasteiger partial charge on any atom is 0.0729 e. The zero-order valence-electron chi connectivity index (χ0n) is 31.9. The topological polar surface area (TPSA) is 15.3 Å². The van der Waals surface area contributed by atoms with E-state index < -0.39 is 0 Å². The molecule has 0 saturated heterocycles. The van der Waals surface area contributed by atoms with Gasteiger partial charge in [0.05, 0.1) is 6.04 Å². The van der Waals surface area contributed by atoms with Crippen LogP contribution in [-0.4, -0.2) is 11.9 Å². The molecular weight excluding hydrogens is 677 g/mol. The summed E-state index contributed by atoms with van der Waals surface area (Å²) in [6.07, 6.45) is 25.3. The van der Waals surface area contributed by atoms with Gasteiger partial charge in [0.25, 0.3) is 0 Å². The molecule has 0 fully saturated rings. The second-order valence-corrected chi connectivity index (χ2v) is 15.6. The molecule has 0 saturated carbocycles. The normalized spacial score (nSPS) is 19.8. The van der Waals surface area contributed by atoms with Crippen LogP contribution >= 0.6 is 0 Å². The number of para-hydroxylation sites is 1. The van der Waals surface area contributed by atoms with Crippen molar-refractivity contribution in [2.24, 2.45) is 11.8 Å². The lowest BCUT2D eigenvalue weighted by atomic mass is 9.79. The fourth-order valence-corrected chi connectivity index (χ4v) is 9.40. The van der Waals surface area contributed by atoms with E-state index >= 15 is 0 Å². The molecule has 10 rings (SSSR count). The second-order valence-electron chi connectivity index (χ2n) is 15.6. The van der Waals surface area contributed by atoms with Gasteiger partial charge in [-0.15, -0.1) is 0 Å². The molecule has 56 heavy (non-hydrogen) atoms. The number of nitrogens with one attached hydrogen (secondary N) is 1. The number of aryl methyl sites for hydroxylation is 2. The van der Waals surface area contributed by atoms with Crippen LogP contribution in [0.5, 0.6) is 0 Å². The highest BCUT2D eigenvalue weighted by atomic mass is 15.1. The highest BCUT2D eigenvalue weighted by molar-refractivity contribution is 6.03. The Morgan fingerprint density at radius 2 is 1.45 bits per heavy atom. The van der Waals surface area contributed by atoms with Crippen LogP contribution < -0.4 is 5.32 Å². The average Bonchev–Trinajstić information content (AvgIpc) is 3.27. The van der Waals surface area contributed by atoms with Crippen molar-refractivity contribution < 1.29 is 0 Å². The number of benzene rings is 6. The van der Waals surface area contributed by atoms with E-state index in [0.717, 1.165) is 37.1 Å². The Hall–Kier alpha value is -6.38. The van der Waals surface area contributed by atoms with E-state index in [1.54, 1.807) is 0 Å². The van der Waals surface area contributed by atoms with Gasteiger partial charge in [-0.2, -0.15) is 0 Å². The summed E-state index contributed by atoms with van der Waals surface area (Å²) in [6.45, 7) is 0. The lowest BCUT2D eigenvalue weighted by Gasteiger charge is -2.38. The Morgan fingerprint density at radius 1 is 0.661 bits per heavy atom. The minimum absolute atomic E-state index is 0.112. The SMILES string of the molecule is CN1C(C2C=CC(C3C=CC=CC3)=CC2)=CC(c2ccccc2)=CC1c1ccc(Nc2ccccc2-c2cc3ccccc3c3c2-c2ccccc2CC3)cc1. The highest BCUT2D eigenvalue weighted by Gasteiger charge is 2.28. The molecule has 0 bridgehead atoms. The number of nitrogens with zero attached hydrogens (tertiary/aromatic N) is 1. The molecule has 6 aromatic carbocycles. The van der Waals surface area contributed by atoms with Crippen LogP contribution in [0.25, 0.3) is 38.6 Å². The van der Waals surface area contributed by atoms with Crippen molar-refractivity contribution >= 4 is 27.7 Å². The number of allylic oxidation sites excluding steroid dienone is 10. The van der Waals surface area contributed by atoms with Crippen LogP contribution in [0.1, 0.15) is 41.1 Å². The third-order valence-electron chi connectivity index (χ3n) is 12.3. The van der Waals surface area contributed by atoms with Gasteiger partial charge in [-0.3, -0.25) is 0 Å². The van der Waals surface area contributed by atoms with Crippen LogP contribution in [0.15, 0.2) is 199 Å². The standard InChI is InChI=1S/C54H46N2/c1-56-52(41-26-24-39(25-27-41)37-14-4-2-5-15-37)35-44(38-16-6-3-7-17-38)36-53(56)42-28-31-45(32-29-42)55-51-23-13-12-22-48(51)50-34-43-19-9-10-20-46(43)49-33-30-40-18-8-11-21-47(40)54(49)50/h2-14,16-26,28-29,31-32,34-37,41,53,55H,15,27,30,33H2,1H3. The van der Waals surface area contributed by atoms with Crippen molar-refractivity contribution in [1.29, 1.82) is 0 Å². The van der Waals surface area contributed by atoms with E-state index in [4.69, 9.17) is 0 Å². The van der Waals surface area contributed by atoms with E-state index in [1.165, 1.54) is 72.1 Å². The lowest BCUT2D eigenvalue weighted by molar-refractivity contribution is 0.324. The summed E-state index contributed by atoms with van der Waals surface area (Å²) in [6, 6.07) is 49.2. The first kappa shape index (κ1) is 34.1. The van der Waals surface area contributed by atoms with Crippen molar-refractivity contribution in [2.45, 2.75) is 31.7 Å². The van der Waals surface area contributed by atoms with E-state index in [9.17, 15) is 0 Å². The maximum absolute atomic E-state index is 3.85.